The van der Waals surface area contributed by atoms with Crippen LogP contribution >= 0.6 is 0 Å². The van der Waals surface area contributed by atoms with Gasteiger partial charge in [0, 0.05) is 23.6 Å². The van der Waals surface area contributed by atoms with E-state index in [4.69, 9.17) is 10.3 Å². The number of rotatable bonds is 5. The predicted octanol–water partition coefficient (Wildman–Crippen LogP) is 1.87. The van der Waals surface area contributed by atoms with Gasteiger partial charge in [-0.25, -0.2) is 4.39 Å². The van der Waals surface area contributed by atoms with E-state index in [9.17, 15) is 9.18 Å². The summed E-state index contributed by atoms with van der Waals surface area (Å²) in [5.41, 5.74) is 8.21. The van der Waals surface area contributed by atoms with E-state index in [0.29, 0.717) is 0 Å². The maximum Gasteiger partial charge on any atom is 0.251 e. The second kappa shape index (κ2) is 6.34. The molecule has 0 aliphatic heterocycles. The molecule has 7 heteroatoms. The molecule has 1 aromatic rings. The van der Waals surface area contributed by atoms with Gasteiger partial charge >= 0.3 is 0 Å². The summed E-state index contributed by atoms with van der Waals surface area (Å²) in [4.78, 5) is 14.0. The van der Waals surface area contributed by atoms with E-state index >= 15 is 0 Å². The molecule has 0 atom stereocenters. The number of hydrogen-bond donors (Lipinski definition) is 1. The van der Waals surface area contributed by atoms with Crippen LogP contribution in [0.25, 0.3) is 10.4 Å². The largest absolute Gasteiger partial charge is 0.494 e. The first kappa shape index (κ1) is 12.8. The average Bonchev–Trinajstić information content (AvgIpc) is 2.34. The van der Waals surface area contributed by atoms with Crippen LogP contribution < -0.4 is 10.1 Å². The number of carbonyl (C=O) groups is 1. The van der Waals surface area contributed by atoms with Gasteiger partial charge in [0.1, 0.15) is 0 Å². The lowest BCUT2D eigenvalue weighted by Gasteiger charge is -2.05. The first-order valence-electron chi connectivity index (χ1n) is 4.81. The van der Waals surface area contributed by atoms with Gasteiger partial charge in [0.15, 0.2) is 11.6 Å². The molecule has 0 aromatic heterocycles. The molecule has 0 spiro atoms. The average molecular weight is 238 g/mol. The van der Waals surface area contributed by atoms with Crippen LogP contribution in [-0.4, -0.2) is 26.1 Å². The number of benzene rings is 1. The van der Waals surface area contributed by atoms with Crippen LogP contribution in [0.2, 0.25) is 0 Å². The Balaban J connectivity index is 2.63. The minimum absolute atomic E-state index is 0.0793. The summed E-state index contributed by atoms with van der Waals surface area (Å²) in [6.45, 7) is 0.359. The fourth-order valence-electron chi connectivity index (χ4n) is 1.17. The van der Waals surface area contributed by atoms with Crippen molar-refractivity contribution in [1.29, 1.82) is 0 Å². The number of azide groups is 1. The summed E-state index contributed by atoms with van der Waals surface area (Å²) in [6.07, 6.45) is 0. The number of nitrogens with zero attached hydrogens (tertiary/aromatic N) is 3. The molecule has 0 bridgehead atoms. The molecule has 0 aliphatic rings. The summed E-state index contributed by atoms with van der Waals surface area (Å²) in [6, 6.07) is 3.91. The minimum atomic E-state index is -0.602. The van der Waals surface area contributed by atoms with Crippen molar-refractivity contribution in [2.75, 3.05) is 20.2 Å². The molecular formula is C10H11FN4O2. The fraction of sp³-hybridized carbons (Fsp3) is 0.300. The molecule has 0 saturated carbocycles. The summed E-state index contributed by atoms with van der Waals surface area (Å²) >= 11 is 0. The zero-order chi connectivity index (χ0) is 12.7. The lowest BCUT2D eigenvalue weighted by Crippen LogP contribution is -2.25. The molecule has 0 aliphatic carbocycles. The van der Waals surface area contributed by atoms with Crippen LogP contribution in [0.15, 0.2) is 23.3 Å². The van der Waals surface area contributed by atoms with Crippen LogP contribution in [0.5, 0.6) is 5.75 Å². The van der Waals surface area contributed by atoms with Crippen molar-refractivity contribution in [1.82, 2.24) is 5.32 Å². The summed E-state index contributed by atoms with van der Waals surface area (Å²) in [5.74, 6) is -0.953. The van der Waals surface area contributed by atoms with E-state index in [2.05, 4.69) is 15.3 Å². The molecule has 1 rings (SSSR count). The Morgan fingerprint density at radius 1 is 1.65 bits per heavy atom. The molecule has 6 nitrogen and oxygen atoms in total. The number of ether oxygens (including phenoxy) is 1. The highest BCUT2D eigenvalue weighted by molar-refractivity contribution is 5.94. The van der Waals surface area contributed by atoms with Crippen LogP contribution in [0.4, 0.5) is 4.39 Å². The van der Waals surface area contributed by atoms with Gasteiger partial charge < -0.3 is 10.1 Å². The summed E-state index contributed by atoms with van der Waals surface area (Å²) in [7, 11) is 1.35. The summed E-state index contributed by atoms with van der Waals surface area (Å²) in [5, 5.41) is 5.74. The quantitative estimate of drug-likeness (QED) is 0.367. The molecule has 0 radical (unpaired) electrons. The molecule has 17 heavy (non-hydrogen) atoms. The van der Waals surface area contributed by atoms with E-state index in [1.165, 1.54) is 19.2 Å². The van der Waals surface area contributed by atoms with Crippen LogP contribution in [0.3, 0.4) is 0 Å². The predicted molar refractivity (Wildman–Crippen MR) is 59.3 cm³/mol. The maximum atomic E-state index is 13.3. The second-order valence-electron chi connectivity index (χ2n) is 3.06. The van der Waals surface area contributed by atoms with Gasteiger partial charge in [0.25, 0.3) is 5.91 Å². The molecule has 0 unspecified atom stereocenters. The zero-order valence-electron chi connectivity index (χ0n) is 9.18. The van der Waals surface area contributed by atoms with Crippen molar-refractivity contribution in [3.63, 3.8) is 0 Å². The van der Waals surface area contributed by atoms with Crippen molar-refractivity contribution in [3.8, 4) is 5.75 Å². The Labute approximate surface area is 97.0 Å². The smallest absolute Gasteiger partial charge is 0.251 e. The van der Waals surface area contributed by atoms with Gasteiger partial charge in [-0.1, -0.05) is 5.11 Å². The lowest BCUT2D eigenvalue weighted by atomic mass is 10.2. The monoisotopic (exact) mass is 238 g/mol. The van der Waals surface area contributed by atoms with Crippen molar-refractivity contribution in [2.24, 2.45) is 5.11 Å². The number of amides is 1. The molecule has 0 fully saturated rings. The Kier molecular flexibility index (Phi) is 4.77. The standard InChI is InChI=1S/C10H11FN4O2/c1-17-9-3-2-7(6-8(9)11)10(16)13-4-5-14-15-12/h2-3,6H,4-5H2,1H3,(H,13,16). The fourth-order valence-corrected chi connectivity index (χ4v) is 1.17. The van der Waals surface area contributed by atoms with Crippen molar-refractivity contribution < 1.29 is 13.9 Å². The van der Waals surface area contributed by atoms with Crippen molar-refractivity contribution in [2.45, 2.75) is 0 Å². The van der Waals surface area contributed by atoms with E-state index in [1.807, 2.05) is 0 Å². The van der Waals surface area contributed by atoms with Gasteiger partial charge in [0.2, 0.25) is 0 Å². The van der Waals surface area contributed by atoms with E-state index in [0.717, 1.165) is 6.07 Å². The Hall–Kier alpha value is -2.27. The Bertz CT molecular complexity index is 458. The molecule has 1 N–H and O–H groups in total. The molecule has 90 valence electrons. The topological polar surface area (TPSA) is 87.1 Å². The highest BCUT2D eigenvalue weighted by Crippen LogP contribution is 2.17. The van der Waals surface area contributed by atoms with Crippen LogP contribution in [0.1, 0.15) is 10.4 Å². The molecule has 1 amide bonds. The Morgan fingerprint density at radius 2 is 2.41 bits per heavy atom. The maximum absolute atomic E-state index is 13.3. The Morgan fingerprint density at radius 3 is 3.00 bits per heavy atom. The SMILES string of the molecule is COc1ccc(C(=O)NCCN=[N+]=[N-])cc1F. The number of hydrogen-bond acceptors (Lipinski definition) is 3. The molecular weight excluding hydrogens is 227 g/mol. The van der Waals surface area contributed by atoms with E-state index in [1.54, 1.807) is 0 Å². The first-order chi connectivity index (χ1) is 8.19. The van der Waals surface area contributed by atoms with Crippen LogP contribution in [-0.2, 0) is 0 Å². The van der Waals surface area contributed by atoms with Gasteiger partial charge in [-0.15, -0.1) is 0 Å². The number of carbonyl (C=O) groups excluding carboxylic acids is 1. The minimum Gasteiger partial charge on any atom is -0.494 e. The zero-order valence-corrected chi connectivity index (χ0v) is 9.18. The van der Waals surface area contributed by atoms with Gasteiger partial charge in [-0.2, -0.15) is 0 Å². The molecule has 1 aromatic carbocycles. The van der Waals surface area contributed by atoms with Gasteiger partial charge in [0.05, 0.1) is 7.11 Å². The number of nitrogens with one attached hydrogen (secondary N) is 1. The summed E-state index contributed by atoms with van der Waals surface area (Å²) < 4.78 is 18.0. The van der Waals surface area contributed by atoms with E-state index < -0.39 is 11.7 Å². The second-order valence-corrected chi connectivity index (χ2v) is 3.06. The third-order valence-electron chi connectivity index (χ3n) is 1.97. The van der Waals surface area contributed by atoms with Crippen molar-refractivity contribution >= 4 is 5.91 Å². The molecule has 0 heterocycles. The van der Waals surface area contributed by atoms with Gasteiger partial charge in [-0.05, 0) is 23.7 Å². The number of methoxy groups -OCH3 is 1. The van der Waals surface area contributed by atoms with Crippen LogP contribution in [0, 0.1) is 5.82 Å². The normalized spacial score (nSPS) is 9.29. The number of halogens is 1. The third kappa shape index (κ3) is 3.66. The van der Waals surface area contributed by atoms with E-state index in [-0.39, 0.29) is 24.4 Å². The highest BCUT2D eigenvalue weighted by atomic mass is 19.1. The highest BCUT2D eigenvalue weighted by Gasteiger charge is 2.09. The first-order valence-corrected chi connectivity index (χ1v) is 4.81. The third-order valence-corrected chi connectivity index (χ3v) is 1.97. The lowest BCUT2D eigenvalue weighted by molar-refractivity contribution is 0.0954. The van der Waals surface area contributed by atoms with Crippen molar-refractivity contribution in [3.05, 3.63) is 40.0 Å². The molecule has 0 saturated heterocycles. The van der Waals surface area contributed by atoms with Gasteiger partial charge in [-0.3, -0.25) is 4.79 Å².